The fraction of sp³-hybridized carbons (Fsp3) is 0.600. The van der Waals surface area contributed by atoms with E-state index in [4.69, 9.17) is 4.52 Å². The van der Waals surface area contributed by atoms with Crippen molar-refractivity contribution >= 4 is 13.4 Å². The van der Waals surface area contributed by atoms with Crippen molar-refractivity contribution < 1.29 is 9.09 Å². The molecule has 112 valence electrons. The predicted molar refractivity (Wildman–Crippen MR) is 84.0 cm³/mol. The normalized spacial score (nSPS) is 27.9. The van der Waals surface area contributed by atoms with Crippen molar-refractivity contribution in [3.63, 3.8) is 0 Å². The molecule has 4 nitrogen and oxygen atoms in total. The summed E-state index contributed by atoms with van der Waals surface area (Å²) in [6, 6.07) is 9.89. The Kier molecular flexibility index (Phi) is 4.29. The molecule has 1 heterocycles. The quantitative estimate of drug-likeness (QED) is 0.776. The second-order valence-electron chi connectivity index (χ2n) is 6.61. The standard InChI is InChI=1S/C15H25N2O2P/c1-15(2,3)13-11-17(14-9-7-6-8-10-14)20(18,16(4)5)19-12-13/h6-10,13H,11-12H2,1-5H3/t13-,20-/m0/s1. The van der Waals surface area contributed by atoms with E-state index >= 15 is 0 Å². The number of para-hydroxylation sites is 1. The molecule has 20 heavy (non-hydrogen) atoms. The van der Waals surface area contributed by atoms with Gasteiger partial charge in [-0.1, -0.05) is 39.0 Å². The molecule has 0 N–H and O–H groups in total. The summed E-state index contributed by atoms with van der Waals surface area (Å²) in [6.07, 6.45) is 0. The molecule has 5 heteroatoms. The van der Waals surface area contributed by atoms with Gasteiger partial charge in [-0.25, -0.2) is 9.24 Å². The minimum Gasteiger partial charge on any atom is -0.301 e. The number of hydrogen-bond donors (Lipinski definition) is 0. The van der Waals surface area contributed by atoms with Crippen molar-refractivity contribution in [2.45, 2.75) is 20.8 Å². The van der Waals surface area contributed by atoms with Crippen LogP contribution in [0.3, 0.4) is 0 Å². The van der Waals surface area contributed by atoms with Crippen LogP contribution in [-0.2, 0) is 9.09 Å². The maximum atomic E-state index is 13.2. The summed E-state index contributed by atoms with van der Waals surface area (Å²) in [5.74, 6) is 0.352. The summed E-state index contributed by atoms with van der Waals surface area (Å²) in [5.41, 5.74) is 1.09. The van der Waals surface area contributed by atoms with Gasteiger partial charge in [0.25, 0.3) is 0 Å². The number of rotatable bonds is 2. The smallest absolute Gasteiger partial charge is 0.301 e. The molecule has 0 unspecified atom stereocenters. The van der Waals surface area contributed by atoms with Crippen LogP contribution in [0.1, 0.15) is 20.8 Å². The molecule has 0 amide bonds. The van der Waals surface area contributed by atoms with Gasteiger partial charge in [0.15, 0.2) is 0 Å². The molecule has 0 saturated carbocycles. The van der Waals surface area contributed by atoms with E-state index in [9.17, 15) is 4.57 Å². The third kappa shape index (κ3) is 2.93. The van der Waals surface area contributed by atoms with E-state index in [0.29, 0.717) is 12.5 Å². The maximum absolute atomic E-state index is 13.2. The van der Waals surface area contributed by atoms with Crippen LogP contribution in [-0.4, -0.2) is 31.9 Å². The molecule has 1 fully saturated rings. The molecule has 1 saturated heterocycles. The fourth-order valence-corrected chi connectivity index (χ4v) is 4.33. The highest BCUT2D eigenvalue weighted by Gasteiger charge is 2.43. The Bertz CT molecular complexity index is 496. The molecule has 2 atom stereocenters. The van der Waals surface area contributed by atoms with Gasteiger partial charge >= 0.3 is 7.67 Å². The third-order valence-corrected chi connectivity index (χ3v) is 6.43. The highest BCUT2D eigenvalue weighted by atomic mass is 31.2. The molecule has 0 aromatic heterocycles. The van der Waals surface area contributed by atoms with Gasteiger partial charge in [0.05, 0.1) is 6.61 Å². The average molecular weight is 296 g/mol. The number of benzene rings is 1. The SMILES string of the molecule is CN(C)[P@]1(=O)OC[C@@H](C(C)(C)C)CN1c1ccccc1. The molecular weight excluding hydrogens is 271 g/mol. The van der Waals surface area contributed by atoms with Crippen LogP contribution >= 0.6 is 7.67 Å². The Labute approximate surface area is 122 Å². The number of nitrogens with zero attached hydrogens (tertiary/aromatic N) is 2. The van der Waals surface area contributed by atoms with Crippen molar-refractivity contribution in [2.24, 2.45) is 11.3 Å². The molecule has 1 aromatic rings. The zero-order chi connectivity index (χ0) is 15.0. The van der Waals surface area contributed by atoms with E-state index in [1.165, 1.54) is 0 Å². The molecule has 1 aromatic carbocycles. The highest BCUT2D eigenvalue weighted by Crippen LogP contribution is 2.58. The van der Waals surface area contributed by atoms with Crippen LogP contribution in [0, 0.1) is 11.3 Å². The van der Waals surface area contributed by atoms with E-state index in [0.717, 1.165) is 12.2 Å². The van der Waals surface area contributed by atoms with Gasteiger partial charge in [0, 0.05) is 18.2 Å². The van der Waals surface area contributed by atoms with Crippen LogP contribution in [0.5, 0.6) is 0 Å². The minimum atomic E-state index is -2.96. The predicted octanol–water partition coefficient (Wildman–Crippen LogP) is 3.86. The Hall–Kier alpha value is -0.830. The molecular formula is C15H25N2O2P. The fourth-order valence-electron chi connectivity index (χ4n) is 2.33. The molecule has 2 rings (SSSR count). The van der Waals surface area contributed by atoms with Gasteiger partial charge in [-0.15, -0.1) is 0 Å². The highest BCUT2D eigenvalue weighted by molar-refractivity contribution is 7.58. The van der Waals surface area contributed by atoms with Crippen molar-refractivity contribution in [1.29, 1.82) is 0 Å². The molecule has 0 aliphatic carbocycles. The lowest BCUT2D eigenvalue weighted by molar-refractivity contribution is 0.126. The molecule has 1 aliphatic heterocycles. The number of hydrogen-bond acceptors (Lipinski definition) is 2. The molecule has 0 radical (unpaired) electrons. The Morgan fingerprint density at radius 2 is 1.85 bits per heavy atom. The molecule has 1 aliphatic rings. The van der Waals surface area contributed by atoms with E-state index in [2.05, 4.69) is 20.8 Å². The van der Waals surface area contributed by atoms with Crippen LogP contribution in [0.4, 0.5) is 5.69 Å². The first-order valence-electron chi connectivity index (χ1n) is 7.00. The van der Waals surface area contributed by atoms with Gasteiger partial charge in [0.1, 0.15) is 0 Å². The van der Waals surface area contributed by atoms with E-state index < -0.39 is 7.67 Å². The Morgan fingerprint density at radius 1 is 1.25 bits per heavy atom. The van der Waals surface area contributed by atoms with E-state index in [1.54, 1.807) is 4.67 Å². The summed E-state index contributed by atoms with van der Waals surface area (Å²) in [4.78, 5) is 0. The molecule has 0 bridgehead atoms. The summed E-state index contributed by atoms with van der Waals surface area (Å²) < 4.78 is 22.7. The van der Waals surface area contributed by atoms with Gasteiger partial charge in [-0.3, -0.25) is 4.67 Å². The lowest BCUT2D eigenvalue weighted by atomic mass is 9.81. The van der Waals surface area contributed by atoms with Gasteiger partial charge in [-0.2, -0.15) is 0 Å². The maximum Gasteiger partial charge on any atom is 0.370 e. The lowest BCUT2D eigenvalue weighted by Crippen LogP contribution is -2.44. The van der Waals surface area contributed by atoms with Crippen molar-refractivity contribution in [1.82, 2.24) is 4.67 Å². The molecule has 0 spiro atoms. The Balaban J connectivity index is 2.37. The zero-order valence-corrected chi connectivity index (χ0v) is 13.9. The monoisotopic (exact) mass is 296 g/mol. The van der Waals surface area contributed by atoms with Crippen LogP contribution in [0.2, 0.25) is 0 Å². The largest absolute Gasteiger partial charge is 0.370 e. The van der Waals surface area contributed by atoms with Crippen LogP contribution in [0.15, 0.2) is 30.3 Å². The topological polar surface area (TPSA) is 32.8 Å². The van der Waals surface area contributed by atoms with Crippen LogP contribution in [0.25, 0.3) is 0 Å². The van der Waals surface area contributed by atoms with Gasteiger partial charge in [-0.05, 0) is 31.6 Å². The summed E-state index contributed by atoms with van der Waals surface area (Å²) >= 11 is 0. The minimum absolute atomic E-state index is 0.130. The second kappa shape index (κ2) is 5.51. The summed E-state index contributed by atoms with van der Waals surface area (Å²) in [7, 11) is 0.670. The van der Waals surface area contributed by atoms with E-state index in [-0.39, 0.29) is 5.41 Å². The number of anilines is 1. The first-order valence-corrected chi connectivity index (χ1v) is 8.53. The summed E-state index contributed by atoms with van der Waals surface area (Å²) in [6.45, 7) is 7.91. The zero-order valence-electron chi connectivity index (χ0n) is 13.0. The van der Waals surface area contributed by atoms with Gasteiger partial charge < -0.3 is 4.52 Å². The Morgan fingerprint density at radius 3 is 2.35 bits per heavy atom. The van der Waals surface area contributed by atoms with Gasteiger partial charge in [0.2, 0.25) is 0 Å². The van der Waals surface area contributed by atoms with E-state index in [1.807, 2.05) is 49.1 Å². The third-order valence-electron chi connectivity index (χ3n) is 3.93. The summed E-state index contributed by atoms with van der Waals surface area (Å²) in [5, 5.41) is 0. The lowest BCUT2D eigenvalue weighted by Gasteiger charge is -2.46. The average Bonchev–Trinajstić information content (AvgIpc) is 2.38. The second-order valence-corrected chi connectivity index (χ2v) is 9.14. The van der Waals surface area contributed by atoms with Crippen LogP contribution < -0.4 is 4.67 Å². The van der Waals surface area contributed by atoms with Crippen molar-refractivity contribution in [3.8, 4) is 0 Å². The van der Waals surface area contributed by atoms with Crippen molar-refractivity contribution in [3.05, 3.63) is 30.3 Å². The first kappa shape index (κ1) is 15.6. The first-order chi connectivity index (χ1) is 9.25. The van der Waals surface area contributed by atoms with Crippen molar-refractivity contribution in [2.75, 3.05) is 31.9 Å².